The van der Waals surface area contributed by atoms with E-state index in [1.807, 2.05) is 0 Å². The summed E-state index contributed by atoms with van der Waals surface area (Å²) in [6.07, 6.45) is -3.97. The molecule has 0 amide bonds. The van der Waals surface area contributed by atoms with Gasteiger partial charge < -0.3 is 10.2 Å². The molecule has 0 unspecified atom stereocenters. The molecule has 3 nitrogen and oxygen atoms in total. The summed E-state index contributed by atoms with van der Waals surface area (Å²) in [5.41, 5.74) is 4.03. The Hall–Kier alpha value is -3.80. The molecule has 0 saturated heterocycles. The van der Waals surface area contributed by atoms with E-state index in [0.717, 1.165) is 28.3 Å². The molecule has 31 heavy (non-hydrogen) atoms. The van der Waals surface area contributed by atoms with Gasteiger partial charge in [0.1, 0.15) is 11.5 Å². The van der Waals surface area contributed by atoms with E-state index in [2.05, 4.69) is 4.98 Å². The number of nitrogens with zero attached hydrogens (tertiary/aromatic N) is 1. The maximum Gasteiger partial charge on any atom is 0.417 e. The van der Waals surface area contributed by atoms with E-state index in [1.165, 1.54) is 12.1 Å². The summed E-state index contributed by atoms with van der Waals surface area (Å²) >= 11 is 0. The van der Waals surface area contributed by atoms with Crippen LogP contribution in [0, 0.1) is 0 Å². The van der Waals surface area contributed by atoms with Gasteiger partial charge >= 0.3 is 6.18 Å². The molecule has 0 fully saturated rings. The normalized spacial score (nSPS) is 12.5. The van der Waals surface area contributed by atoms with Crippen molar-refractivity contribution in [2.24, 2.45) is 0 Å². The third kappa shape index (κ3) is 3.30. The van der Waals surface area contributed by atoms with Gasteiger partial charge in [-0.3, -0.25) is 0 Å². The van der Waals surface area contributed by atoms with Crippen molar-refractivity contribution in [3.8, 4) is 45.1 Å². The van der Waals surface area contributed by atoms with E-state index >= 15 is 0 Å². The van der Waals surface area contributed by atoms with E-state index in [-0.39, 0.29) is 22.8 Å². The lowest BCUT2D eigenvalue weighted by Gasteiger charge is -2.16. The van der Waals surface area contributed by atoms with E-state index in [4.69, 9.17) is 0 Å². The molecule has 0 spiro atoms. The van der Waals surface area contributed by atoms with Gasteiger partial charge in [0, 0.05) is 17.5 Å². The Kier molecular flexibility index (Phi) is 4.25. The molecule has 0 aliphatic heterocycles. The van der Waals surface area contributed by atoms with Gasteiger partial charge in [-0.25, -0.2) is 4.98 Å². The van der Waals surface area contributed by atoms with Crippen LogP contribution in [0.15, 0.2) is 72.8 Å². The number of rotatable bonds is 2. The number of phenolic OH excluding ortho intramolecular Hbond substituents is 2. The number of alkyl halides is 3. The number of phenols is 2. The first-order chi connectivity index (χ1) is 14.8. The van der Waals surface area contributed by atoms with Crippen LogP contribution in [0.5, 0.6) is 11.5 Å². The molecular weight excluding hydrogens is 403 g/mol. The second-order valence-corrected chi connectivity index (χ2v) is 7.49. The Morgan fingerprint density at radius 3 is 2.19 bits per heavy atom. The molecule has 0 saturated carbocycles. The highest BCUT2D eigenvalue weighted by atomic mass is 19.4. The molecule has 2 N–H and O–H groups in total. The van der Waals surface area contributed by atoms with Crippen LogP contribution in [0.2, 0.25) is 0 Å². The Labute approximate surface area is 176 Å². The summed E-state index contributed by atoms with van der Waals surface area (Å²) in [6.45, 7) is 0. The van der Waals surface area contributed by atoms with Crippen LogP contribution in [0.3, 0.4) is 0 Å². The molecule has 1 aliphatic carbocycles. The highest BCUT2D eigenvalue weighted by molar-refractivity contribution is 5.86. The van der Waals surface area contributed by atoms with Crippen molar-refractivity contribution in [3.63, 3.8) is 0 Å². The zero-order valence-corrected chi connectivity index (χ0v) is 16.1. The van der Waals surface area contributed by atoms with Crippen LogP contribution in [0.25, 0.3) is 33.6 Å². The minimum atomic E-state index is -4.52. The zero-order chi connectivity index (χ0) is 21.8. The van der Waals surface area contributed by atoms with E-state index < -0.39 is 11.7 Å². The predicted octanol–water partition coefficient (Wildman–Crippen LogP) is 6.42. The predicted molar refractivity (Wildman–Crippen MR) is 112 cm³/mol. The second-order valence-electron chi connectivity index (χ2n) is 7.49. The minimum Gasteiger partial charge on any atom is -0.508 e. The molecule has 5 rings (SSSR count). The van der Waals surface area contributed by atoms with E-state index in [0.29, 0.717) is 17.7 Å². The maximum atomic E-state index is 13.7. The topological polar surface area (TPSA) is 53.4 Å². The number of benzene rings is 3. The van der Waals surface area contributed by atoms with E-state index in [1.54, 1.807) is 54.6 Å². The Balaban J connectivity index is 1.80. The van der Waals surface area contributed by atoms with Crippen molar-refractivity contribution < 1.29 is 23.4 Å². The lowest BCUT2D eigenvalue weighted by molar-refractivity contribution is -0.137. The van der Waals surface area contributed by atoms with Crippen LogP contribution >= 0.6 is 0 Å². The third-order valence-electron chi connectivity index (χ3n) is 5.53. The maximum absolute atomic E-state index is 13.7. The molecule has 1 heterocycles. The largest absolute Gasteiger partial charge is 0.508 e. The van der Waals surface area contributed by atoms with Gasteiger partial charge in [0.05, 0.1) is 17.0 Å². The number of fused-ring (bicyclic) bond motifs is 3. The van der Waals surface area contributed by atoms with Crippen molar-refractivity contribution in [1.29, 1.82) is 0 Å². The lowest BCUT2D eigenvalue weighted by Crippen LogP contribution is -2.07. The summed E-state index contributed by atoms with van der Waals surface area (Å²) in [7, 11) is 0. The first-order valence-corrected chi connectivity index (χ1v) is 9.63. The van der Waals surface area contributed by atoms with Gasteiger partial charge in [0.15, 0.2) is 0 Å². The quantitative estimate of drug-likeness (QED) is 0.347. The number of halogens is 3. The first-order valence-electron chi connectivity index (χ1n) is 9.63. The average Bonchev–Trinajstić information content (AvgIpc) is 3.11. The van der Waals surface area contributed by atoms with Gasteiger partial charge in [-0.1, -0.05) is 36.4 Å². The van der Waals surface area contributed by atoms with Crippen molar-refractivity contribution in [1.82, 2.24) is 4.98 Å². The molecular formula is C25H16F3NO2. The Morgan fingerprint density at radius 2 is 1.45 bits per heavy atom. The van der Waals surface area contributed by atoms with E-state index in [9.17, 15) is 23.4 Å². The SMILES string of the molecule is Oc1ccc(-c2cc(-c3ccccc3C(F)(F)F)nc3c2Cc2ccc(O)cc2-3)cc1. The Bertz CT molecular complexity index is 1310. The first kappa shape index (κ1) is 19.2. The number of aromatic nitrogens is 1. The number of hydrogen-bond acceptors (Lipinski definition) is 3. The fourth-order valence-corrected chi connectivity index (χ4v) is 4.09. The molecule has 1 aromatic heterocycles. The summed E-state index contributed by atoms with van der Waals surface area (Å²) in [4.78, 5) is 4.62. The number of pyridine rings is 1. The van der Waals surface area contributed by atoms with Crippen LogP contribution in [-0.4, -0.2) is 15.2 Å². The standard InChI is InChI=1S/C25H16F3NO2/c26-25(27,28)22-4-2-1-3-18(22)23-13-19(14-5-8-16(30)9-6-14)21-11-15-7-10-17(31)12-20(15)24(21)29-23/h1-10,12-13,30-31H,11H2. The second kappa shape index (κ2) is 6.87. The molecule has 154 valence electrons. The van der Waals surface area contributed by atoms with Gasteiger partial charge in [-0.05, 0) is 58.7 Å². The monoisotopic (exact) mass is 419 g/mol. The summed E-state index contributed by atoms with van der Waals surface area (Å²) in [5, 5.41) is 19.6. The molecule has 0 bridgehead atoms. The molecule has 3 aromatic carbocycles. The van der Waals surface area contributed by atoms with Crippen LogP contribution in [0.1, 0.15) is 16.7 Å². The molecule has 4 aromatic rings. The molecule has 0 radical (unpaired) electrons. The third-order valence-corrected chi connectivity index (χ3v) is 5.53. The molecule has 1 aliphatic rings. The summed E-state index contributed by atoms with van der Waals surface area (Å²) in [5.74, 6) is 0.172. The van der Waals surface area contributed by atoms with Crippen molar-refractivity contribution in [2.75, 3.05) is 0 Å². The average molecular weight is 419 g/mol. The highest BCUT2D eigenvalue weighted by Gasteiger charge is 2.34. The molecule has 0 atom stereocenters. The van der Waals surface area contributed by atoms with Crippen molar-refractivity contribution >= 4 is 0 Å². The van der Waals surface area contributed by atoms with Gasteiger partial charge in [0.2, 0.25) is 0 Å². The van der Waals surface area contributed by atoms with Gasteiger partial charge in [0.25, 0.3) is 0 Å². The van der Waals surface area contributed by atoms with Crippen LogP contribution < -0.4 is 0 Å². The zero-order valence-electron chi connectivity index (χ0n) is 16.1. The van der Waals surface area contributed by atoms with Gasteiger partial charge in [-0.15, -0.1) is 0 Å². The Morgan fingerprint density at radius 1 is 0.742 bits per heavy atom. The fourth-order valence-electron chi connectivity index (χ4n) is 4.09. The number of aromatic hydroxyl groups is 2. The van der Waals surface area contributed by atoms with Crippen molar-refractivity contribution in [3.05, 3.63) is 89.5 Å². The summed E-state index contributed by atoms with van der Waals surface area (Å²) < 4.78 is 41.0. The smallest absolute Gasteiger partial charge is 0.417 e. The fraction of sp³-hybridized carbons (Fsp3) is 0.0800. The van der Waals surface area contributed by atoms with Gasteiger partial charge in [-0.2, -0.15) is 13.2 Å². The lowest BCUT2D eigenvalue weighted by atomic mass is 9.95. The minimum absolute atomic E-state index is 0.00793. The van der Waals surface area contributed by atoms with Crippen LogP contribution in [-0.2, 0) is 12.6 Å². The van der Waals surface area contributed by atoms with Crippen LogP contribution in [0.4, 0.5) is 13.2 Å². The number of hydrogen-bond donors (Lipinski definition) is 2. The molecule has 6 heteroatoms. The van der Waals surface area contributed by atoms with Crippen molar-refractivity contribution in [2.45, 2.75) is 12.6 Å². The summed E-state index contributed by atoms with van der Waals surface area (Å²) in [6, 6.07) is 18.6. The highest BCUT2D eigenvalue weighted by Crippen LogP contribution is 2.45.